The maximum atomic E-state index is 12.6. The summed E-state index contributed by atoms with van der Waals surface area (Å²) in [5, 5.41) is 7.15. The third kappa shape index (κ3) is 4.54. The molecule has 1 aliphatic carbocycles. The zero-order valence-electron chi connectivity index (χ0n) is 18.7. The molecule has 1 aliphatic rings. The number of carbonyl (C=O) groups is 1. The van der Waals surface area contributed by atoms with Crippen LogP contribution in [0.25, 0.3) is 6.08 Å². The maximum Gasteiger partial charge on any atom is 0.244 e. The lowest BCUT2D eigenvalue weighted by atomic mass is 9.72. The standard InChI is InChI=1S/C26H28N2O4/c1-18-22(19(2)32-28-18)17-31-23-12-10-20(16-24(23)30-3)11-13-25(29)27-26(14-7-15-26)21-8-5-4-6-9-21/h4-6,8-13,16H,7,14-15,17H2,1-3H3,(H,27,29)/b13-11+. The van der Waals surface area contributed by atoms with Gasteiger partial charge in [0.2, 0.25) is 5.91 Å². The molecule has 0 saturated heterocycles. The van der Waals surface area contributed by atoms with Gasteiger partial charge in [-0.3, -0.25) is 4.79 Å². The molecule has 0 bridgehead atoms. The fourth-order valence-corrected chi connectivity index (χ4v) is 3.99. The van der Waals surface area contributed by atoms with Crippen molar-refractivity contribution >= 4 is 12.0 Å². The average molecular weight is 433 g/mol. The molecule has 1 saturated carbocycles. The Balaban J connectivity index is 1.42. The summed E-state index contributed by atoms with van der Waals surface area (Å²) >= 11 is 0. The van der Waals surface area contributed by atoms with Crippen LogP contribution in [0.1, 0.15) is 47.4 Å². The fraction of sp³-hybridized carbons (Fsp3) is 0.308. The molecule has 32 heavy (non-hydrogen) atoms. The van der Waals surface area contributed by atoms with Crippen LogP contribution in [0, 0.1) is 13.8 Å². The van der Waals surface area contributed by atoms with Gasteiger partial charge in [0.1, 0.15) is 12.4 Å². The number of methoxy groups -OCH3 is 1. The van der Waals surface area contributed by atoms with Crippen molar-refractivity contribution in [3.05, 3.63) is 82.8 Å². The summed E-state index contributed by atoms with van der Waals surface area (Å²) in [6.07, 6.45) is 6.39. The maximum absolute atomic E-state index is 12.6. The SMILES string of the molecule is COc1cc(/C=C/C(=O)NC2(c3ccccc3)CCC2)ccc1OCc1c(C)noc1C. The molecule has 0 radical (unpaired) electrons. The van der Waals surface area contributed by atoms with Crippen LogP contribution in [0.3, 0.4) is 0 Å². The molecule has 6 nitrogen and oxygen atoms in total. The Bertz CT molecular complexity index is 1090. The van der Waals surface area contributed by atoms with Gasteiger partial charge in [-0.15, -0.1) is 0 Å². The lowest BCUT2D eigenvalue weighted by molar-refractivity contribution is -0.119. The minimum atomic E-state index is -0.254. The van der Waals surface area contributed by atoms with Crippen molar-refractivity contribution in [2.45, 2.75) is 45.3 Å². The minimum Gasteiger partial charge on any atom is -0.493 e. The zero-order valence-corrected chi connectivity index (χ0v) is 18.7. The molecule has 0 spiro atoms. The van der Waals surface area contributed by atoms with Crippen LogP contribution in [0.4, 0.5) is 0 Å². The van der Waals surface area contributed by atoms with Gasteiger partial charge in [-0.05, 0) is 62.4 Å². The van der Waals surface area contributed by atoms with Gasteiger partial charge in [0.25, 0.3) is 0 Å². The number of ether oxygens (including phenoxy) is 2. The minimum absolute atomic E-state index is 0.105. The predicted octanol–water partition coefficient (Wildman–Crippen LogP) is 5.09. The zero-order chi connectivity index (χ0) is 22.6. The van der Waals surface area contributed by atoms with E-state index in [9.17, 15) is 4.79 Å². The second-order valence-electron chi connectivity index (χ2n) is 8.13. The van der Waals surface area contributed by atoms with E-state index in [2.05, 4.69) is 22.6 Å². The summed E-state index contributed by atoms with van der Waals surface area (Å²) in [5.74, 6) is 1.85. The first-order valence-electron chi connectivity index (χ1n) is 10.8. The largest absolute Gasteiger partial charge is 0.493 e. The first-order valence-corrected chi connectivity index (χ1v) is 10.8. The Kier molecular flexibility index (Phi) is 6.30. The van der Waals surface area contributed by atoms with Gasteiger partial charge in [0.05, 0.1) is 23.9 Å². The number of amides is 1. The summed E-state index contributed by atoms with van der Waals surface area (Å²) in [5.41, 5.74) is 3.50. The Morgan fingerprint density at radius 3 is 2.56 bits per heavy atom. The van der Waals surface area contributed by atoms with Crippen molar-refractivity contribution < 1.29 is 18.8 Å². The topological polar surface area (TPSA) is 73.6 Å². The summed E-state index contributed by atoms with van der Waals surface area (Å²) < 4.78 is 16.6. The van der Waals surface area contributed by atoms with E-state index >= 15 is 0 Å². The van der Waals surface area contributed by atoms with Crippen LogP contribution >= 0.6 is 0 Å². The number of nitrogens with one attached hydrogen (secondary N) is 1. The number of hydrogen-bond acceptors (Lipinski definition) is 5. The van der Waals surface area contributed by atoms with Gasteiger partial charge in [0.15, 0.2) is 11.5 Å². The number of nitrogens with zero attached hydrogens (tertiary/aromatic N) is 1. The van der Waals surface area contributed by atoms with Crippen molar-refractivity contribution in [3.8, 4) is 11.5 Å². The highest BCUT2D eigenvalue weighted by atomic mass is 16.5. The third-order valence-electron chi connectivity index (χ3n) is 6.06. The Labute approximate surface area is 188 Å². The molecule has 2 aromatic carbocycles. The molecule has 6 heteroatoms. The van der Waals surface area contributed by atoms with Crippen LogP contribution in [0.15, 0.2) is 59.1 Å². The molecular weight excluding hydrogens is 404 g/mol. The van der Waals surface area contributed by atoms with E-state index in [1.54, 1.807) is 19.3 Å². The molecule has 1 amide bonds. The van der Waals surface area contributed by atoms with E-state index < -0.39 is 0 Å². The summed E-state index contributed by atoms with van der Waals surface area (Å²) in [7, 11) is 1.60. The molecule has 0 aliphatic heterocycles. The number of rotatable bonds is 8. The molecule has 0 atom stereocenters. The first-order chi connectivity index (χ1) is 15.5. The lowest BCUT2D eigenvalue weighted by Gasteiger charge is -2.42. The van der Waals surface area contributed by atoms with E-state index in [0.717, 1.165) is 47.4 Å². The van der Waals surface area contributed by atoms with Crippen molar-refractivity contribution in [1.29, 1.82) is 0 Å². The van der Waals surface area contributed by atoms with E-state index in [0.29, 0.717) is 18.1 Å². The number of aromatic nitrogens is 1. The highest BCUT2D eigenvalue weighted by molar-refractivity contribution is 5.92. The van der Waals surface area contributed by atoms with E-state index in [4.69, 9.17) is 14.0 Å². The van der Waals surface area contributed by atoms with Gasteiger partial charge in [-0.25, -0.2) is 0 Å². The Morgan fingerprint density at radius 1 is 1.16 bits per heavy atom. The van der Waals surface area contributed by atoms with Gasteiger partial charge >= 0.3 is 0 Å². The highest BCUT2D eigenvalue weighted by Gasteiger charge is 2.39. The van der Waals surface area contributed by atoms with Gasteiger partial charge in [-0.1, -0.05) is 41.6 Å². The monoisotopic (exact) mass is 432 g/mol. The summed E-state index contributed by atoms with van der Waals surface area (Å²) in [6, 6.07) is 15.8. The third-order valence-corrected chi connectivity index (χ3v) is 6.06. The smallest absolute Gasteiger partial charge is 0.244 e. The Hall–Kier alpha value is -3.54. The molecule has 1 aromatic heterocycles. The number of benzene rings is 2. The molecule has 1 fully saturated rings. The van der Waals surface area contributed by atoms with Crippen molar-refractivity contribution in [1.82, 2.24) is 10.5 Å². The van der Waals surface area contributed by atoms with Crippen LogP contribution in [0.5, 0.6) is 11.5 Å². The molecule has 4 rings (SSSR count). The quantitative estimate of drug-likeness (QED) is 0.502. The van der Waals surface area contributed by atoms with E-state index in [1.807, 2.05) is 50.2 Å². The number of carbonyl (C=O) groups excluding carboxylic acids is 1. The van der Waals surface area contributed by atoms with Crippen molar-refractivity contribution in [2.75, 3.05) is 7.11 Å². The van der Waals surface area contributed by atoms with Gasteiger partial charge in [-0.2, -0.15) is 0 Å². The van der Waals surface area contributed by atoms with E-state index in [1.165, 1.54) is 0 Å². The van der Waals surface area contributed by atoms with Crippen molar-refractivity contribution in [2.24, 2.45) is 0 Å². The van der Waals surface area contributed by atoms with Crippen molar-refractivity contribution in [3.63, 3.8) is 0 Å². The number of hydrogen-bond donors (Lipinski definition) is 1. The van der Waals surface area contributed by atoms with E-state index in [-0.39, 0.29) is 11.4 Å². The second-order valence-corrected chi connectivity index (χ2v) is 8.13. The van der Waals surface area contributed by atoms with Gasteiger partial charge < -0.3 is 19.3 Å². The molecule has 1 N–H and O–H groups in total. The molecule has 0 unspecified atom stereocenters. The van der Waals surface area contributed by atoms with Crippen LogP contribution in [-0.2, 0) is 16.9 Å². The summed E-state index contributed by atoms with van der Waals surface area (Å²) in [4.78, 5) is 12.6. The lowest BCUT2D eigenvalue weighted by Crippen LogP contribution is -2.50. The molecule has 166 valence electrons. The van der Waals surface area contributed by atoms with Crippen LogP contribution in [0.2, 0.25) is 0 Å². The predicted molar refractivity (Wildman–Crippen MR) is 122 cm³/mol. The number of aryl methyl sites for hydroxylation is 2. The summed E-state index contributed by atoms with van der Waals surface area (Å²) in [6.45, 7) is 4.09. The highest BCUT2D eigenvalue weighted by Crippen LogP contribution is 2.41. The van der Waals surface area contributed by atoms with Gasteiger partial charge in [0, 0.05) is 6.08 Å². The van der Waals surface area contributed by atoms with Crippen LogP contribution < -0.4 is 14.8 Å². The molecule has 3 aromatic rings. The van der Waals surface area contributed by atoms with Crippen LogP contribution in [-0.4, -0.2) is 18.2 Å². The Morgan fingerprint density at radius 2 is 1.94 bits per heavy atom. The fourth-order valence-electron chi connectivity index (χ4n) is 3.99. The second kappa shape index (κ2) is 9.30. The first kappa shape index (κ1) is 21.7. The normalized spacial score (nSPS) is 14.7. The molecule has 1 heterocycles. The average Bonchev–Trinajstić information content (AvgIpc) is 3.11. The molecular formula is C26H28N2O4.